The first-order chi connectivity index (χ1) is 12.8. The Bertz CT molecular complexity index is 909. The monoisotopic (exact) mass is 410 g/mol. The molecule has 5 nitrogen and oxygen atoms in total. The highest BCUT2D eigenvalue weighted by Crippen LogP contribution is 2.29. The van der Waals surface area contributed by atoms with E-state index in [-0.39, 0.29) is 18.3 Å². The maximum Gasteiger partial charge on any atom is 0.252 e. The Labute approximate surface area is 163 Å². The molecule has 0 bridgehead atoms. The molecule has 0 aliphatic carbocycles. The van der Waals surface area contributed by atoms with E-state index >= 15 is 0 Å². The molecule has 3 rings (SSSR count). The SMILES string of the molecule is CCN(C(=O)[C@H]1CCCN(S(=O)(=O)c2ccc(C)s2)C1)c1ccc(F)cc1. The standard InChI is InChI=1S/C19H23FN2O3S2/c1-3-22(17-9-7-16(20)8-10-17)19(23)15-5-4-12-21(13-15)27(24,25)18-11-6-14(2)26-18/h6-11,15H,3-5,12-13H2,1-2H3/t15-/m0/s1. The van der Waals surface area contributed by atoms with Gasteiger partial charge in [0.05, 0.1) is 5.92 Å². The van der Waals surface area contributed by atoms with Gasteiger partial charge in [-0.3, -0.25) is 4.79 Å². The van der Waals surface area contributed by atoms with E-state index in [0.717, 1.165) is 4.88 Å². The van der Waals surface area contributed by atoms with E-state index in [1.807, 2.05) is 13.8 Å². The zero-order valence-electron chi connectivity index (χ0n) is 15.4. The molecule has 1 aromatic heterocycles. The van der Waals surface area contributed by atoms with Gasteiger partial charge >= 0.3 is 0 Å². The molecule has 0 spiro atoms. The largest absolute Gasteiger partial charge is 0.312 e. The number of benzene rings is 1. The molecule has 2 aromatic rings. The number of rotatable bonds is 5. The van der Waals surface area contributed by atoms with Crippen LogP contribution < -0.4 is 4.90 Å². The number of thiophene rings is 1. The molecule has 27 heavy (non-hydrogen) atoms. The van der Waals surface area contributed by atoms with Crippen molar-refractivity contribution in [2.45, 2.75) is 30.9 Å². The highest BCUT2D eigenvalue weighted by Gasteiger charge is 2.35. The van der Waals surface area contributed by atoms with E-state index in [1.165, 1.54) is 27.8 Å². The summed E-state index contributed by atoms with van der Waals surface area (Å²) in [6.07, 6.45) is 1.28. The number of carbonyl (C=O) groups is 1. The van der Waals surface area contributed by atoms with Gasteiger partial charge in [0.15, 0.2) is 0 Å². The van der Waals surface area contributed by atoms with E-state index in [2.05, 4.69) is 0 Å². The van der Waals surface area contributed by atoms with Gasteiger partial charge < -0.3 is 4.90 Å². The summed E-state index contributed by atoms with van der Waals surface area (Å²) in [6.45, 7) is 4.76. The Morgan fingerprint density at radius 1 is 1.26 bits per heavy atom. The lowest BCUT2D eigenvalue weighted by Gasteiger charge is -2.33. The first-order valence-corrected chi connectivity index (χ1v) is 11.2. The number of anilines is 1. The van der Waals surface area contributed by atoms with Crippen molar-refractivity contribution in [3.8, 4) is 0 Å². The molecule has 1 aromatic carbocycles. The molecular formula is C19H23FN2O3S2. The molecule has 0 N–H and O–H groups in total. The second-order valence-electron chi connectivity index (χ2n) is 6.63. The summed E-state index contributed by atoms with van der Waals surface area (Å²) in [7, 11) is -3.58. The van der Waals surface area contributed by atoms with Crippen molar-refractivity contribution in [3.63, 3.8) is 0 Å². The first kappa shape index (κ1) is 20.0. The van der Waals surface area contributed by atoms with E-state index < -0.39 is 15.9 Å². The van der Waals surface area contributed by atoms with Gasteiger partial charge in [-0.05, 0) is 63.1 Å². The number of aryl methyl sites for hydroxylation is 1. The molecule has 0 unspecified atom stereocenters. The number of carbonyl (C=O) groups excluding carboxylic acids is 1. The third kappa shape index (κ3) is 4.23. The first-order valence-electron chi connectivity index (χ1n) is 8.96. The molecule has 1 fully saturated rings. The van der Waals surface area contributed by atoms with Crippen LogP contribution in [0, 0.1) is 18.7 Å². The number of nitrogens with zero attached hydrogens (tertiary/aromatic N) is 2. The van der Waals surface area contributed by atoms with Crippen LogP contribution in [0.15, 0.2) is 40.6 Å². The molecule has 1 saturated heterocycles. The average Bonchev–Trinajstić information content (AvgIpc) is 3.11. The Morgan fingerprint density at radius 3 is 2.56 bits per heavy atom. The molecule has 0 saturated carbocycles. The molecule has 1 amide bonds. The number of sulfonamides is 1. The summed E-state index contributed by atoms with van der Waals surface area (Å²) in [5.74, 6) is -0.880. The van der Waals surface area contributed by atoms with Crippen molar-refractivity contribution < 1.29 is 17.6 Å². The lowest BCUT2D eigenvalue weighted by Crippen LogP contribution is -2.46. The lowest BCUT2D eigenvalue weighted by atomic mass is 9.97. The summed E-state index contributed by atoms with van der Waals surface area (Å²) in [4.78, 5) is 15.6. The van der Waals surface area contributed by atoms with Crippen LogP contribution in [0.3, 0.4) is 0 Å². The van der Waals surface area contributed by atoms with Gasteiger partial charge in [0.25, 0.3) is 10.0 Å². The topological polar surface area (TPSA) is 57.7 Å². The van der Waals surface area contributed by atoms with E-state index in [1.54, 1.807) is 29.2 Å². The maximum atomic E-state index is 13.2. The lowest BCUT2D eigenvalue weighted by molar-refractivity contribution is -0.123. The number of amides is 1. The Hall–Kier alpha value is -1.77. The van der Waals surface area contributed by atoms with Crippen molar-refractivity contribution in [1.29, 1.82) is 0 Å². The molecule has 2 heterocycles. The minimum Gasteiger partial charge on any atom is -0.312 e. The maximum absolute atomic E-state index is 13.2. The fourth-order valence-corrected chi connectivity index (χ4v) is 6.31. The van der Waals surface area contributed by atoms with Crippen LogP contribution in [0.1, 0.15) is 24.6 Å². The summed E-state index contributed by atoms with van der Waals surface area (Å²) in [6, 6.07) is 9.20. The van der Waals surface area contributed by atoms with Crippen LogP contribution in [-0.4, -0.2) is 38.3 Å². The summed E-state index contributed by atoms with van der Waals surface area (Å²) in [5, 5.41) is 0. The van der Waals surface area contributed by atoms with Crippen molar-refractivity contribution in [2.24, 2.45) is 5.92 Å². The Balaban J connectivity index is 1.78. The van der Waals surface area contributed by atoms with Crippen LogP contribution in [0.5, 0.6) is 0 Å². The molecular weight excluding hydrogens is 387 g/mol. The number of halogens is 1. The van der Waals surface area contributed by atoms with Gasteiger partial charge in [-0.2, -0.15) is 4.31 Å². The molecule has 146 valence electrons. The van der Waals surface area contributed by atoms with Gasteiger partial charge in [0, 0.05) is 30.2 Å². The fraction of sp³-hybridized carbons (Fsp3) is 0.421. The van der Waals surface area contributed by atoms with Gasteiger partial charge in [-0.15, -0.1) is 11.3 Å². The molecule has 0 radical (unpaired) electrons. The Morgan fingerprint density at radius 2 is 1.96 bits per heavy atom. The third-order valence-electron chi connectivity index (χ3n) is 4.76. The van der Waals surface area contributed by atoms with E-state index in [4.69, 9.17) is 0 Å². The third-order valence-corrected chi connectivity index (χ3v) is 8.10. The normalized spacial score (nSPS) is 18.4. The van der Waals surface area contributed by atoms with Crippen molar-refractivity contribution in [3.05, 3.63) is 47.1 Å². The smallest absolute Gasteiger partial charge is 0.252 e. The number of hydrogen-bond acceptors (Lipinski definition) is 4. The zero-order chi connectivity index (χ0) is 19.6. The summed E-state index contributed by atoms with van der Waals surface area (Å²) < 4.78 is 40.7. The zero-order valence-corrected chi connectivity index (χ0v) is 17.0. The Kier molecular flexibility index (Phi) is 5.98. The highest BCUT2D eigenvalue weighted by molar-refractivity contribution is 7.91. The average molecular weight is 411 g/mol. The summed E-state index contributed by atoms with van der Waals surface area (Å²) in [5.41, 5.74) is 0.623. The predicted molar refractivity (Wildman–Crippen MR) is 105 cm³/mol. The minimum atomic E-state index is -3.58. The van der Waals surface area contributed by atoms with E-state index in [9.17, 15) is 17.6 Å². The molecule has 1 aliphatic heterocycles. The highest BCUT2D eigenvalue weighted by atomic mass is 32.2. The van der Waals surface area contributed by atoms with Crippen LogP contribution in [0.2, 0.25) is 0 Å². The van der Waals surface area contributed by atoms with Gasteiger partial charge in [0.1, 0.15) is 10.0 Å². The molecule has 1 atom stereocenters. The quantitative estimate of drug-likeness (QED) is 0.756. The second-order valence-corrected chi connectivity index (χ2v) is 10.1. The van der Waals surface area contributed by atoms with Crippen LogP contribution in [-0.2, 0) is 14.8 Å². The fourth-order valence-electron chi connectivity index (χ4n) is 3.35. The number of hydrogen-bond donors (Lipinski definition) is 0. The van der Waals surface area contributed by atoms with Gasteiger partial charge in [-0.25, -0.2) is 12.8 Å². The second kappa shape index (κ2) is 8.08. The molecule has 1 aliphatic rings. The summed E-state index contributed by atoms with van der Waals surface area (Å²) >= 11 is 1.25. The predicted octanol–water partition coefficient (Wildman–Crippen LogP) is 3.65. The van der Waals surface area contributed by atoms with Crippen LogP contribution in [0.25, 0.3) is 0 Å². The van der Waals surface area contributed by atoms with Crippen molar-refractivity contribution in [2.75, 3.05) is 24.5 Å². The van der Waals surface area contributed by atoms with E-state index in [0.29, 0.717) is 35.8 Å². The van der Waals surface area contributed by atoms with Crippen LogP contribution in [0.4, 0.5) is 10.1 Å². The van der Waals surface area contributed by atoms with Gasteiger partial charge in [0.2, 0.25) is 5.91 Å². The molecule has 8 heteroatoms. The van der Waals surface area contributed by atoms with Crippen LogP contribution >= 0.6 is 11.3 Å². The minimum absolute atomic E-state index is 0.119. The number of piperidine rings is 1. The van der Waals surface area contributed by atoms with Crippen molar-refractivity contribution in [1.82, 2.24) is 4.31 Å². The van der Waals surface area contributed by atoms with Gasteiger partial charge in [-0.1, -0.05) is 0 Å². The van der Waals surface area contributed by atoms with Crippen molar-refractivity contribution >= 4 is 33.0 Å².